The van der Waals surface area contributed by atoms with Crippen LogP contribution in [0, 0.1) is 6.92 Å². The van der Waals surface area contributed by atoms with Crippen molar-refractivity contribution in [1.82, 2.24) is 9.55 Å². The highest BCUT2D eigenvalue weighted by atomic mass is 32.1. The molecule has 0 saturated heterocycles. The molecule has 0 bridgehead atoms. The molecular formula is C26H25N3O6S. The van der Waals surface area contributed by atoms with Crippen molar-refractivity contribution in [2.75, 3.05) is 25.1 Å². The minimum atomic E-state index is -0.550. The Balaban J connectivity index is 1.40. The Morgan fingerprint density at radius 3 is 2.44 bits per heavy atom. The number of ether oxygens (including phenoxy) is 3. The normalized spacial score (nSPS) is 10.7. The Kier molecular flexibility index (Phi) is 7.96. The molecule has 0 atom stereocenters. The van der Waals surface area contributed by atoms with E-state index in [2.05, 4.69) is 10.3 Å². The van der Waals surface area contributed by atoms with E-state index >= 15 is 0 Å². The van der Waals surface area contributed by atoms with Crippen LogP contribution in [-0.2, 0) is 16.1 Å². The lowest BCUT2D eigenvalue weighted by Gasteiger charge is -2.08. The molecule has 10 heteroatoms. The molecule has 0 spiro atoms. The first-order valence-electron chi connectivity index (χ1n) is 11.3. The number of fused-ring (bicyclic) bond motifs is 1. The third-order valence-corrected chi connectivity index (χ3v) is 6.37. The first-order chi connectivity index (χ1) is 17.5. The van der Waals surface area contributed by atoms with Gasteiger partial charge in [-0.05, 0) is 55.8 Å². The number of nitrogens with zero attached hydrogens (tertiary/aromatic N) is 2. The van der Waals surface area contributed by atoms with Gasteiger partial charge in [-0.2, -0.15) is 0 Å². The summed E-state index contributed by atoms with van der Waals surface area (Å²) in [5, 5.41) is 3.04. The Morgan fingerprint density at radius 1 is 1.00 bits per heavy atom. The number of esters is 1. The van der Waals surface area contributed by atoms with Crippen molar-refractivity contribution in [2.45, 2.75) is 20.4 Å². The number of rotatable bonds is 10. The summed E-state index contributed by atoms with van der Waals surface area (Å²) in [6.07, 6.45) is 1.31. The van der Waals surface area contributed by atoms with Crippen molar-refractivity contribution >= 4 is 39.1 Å². The fourth-order valence-corrected chi connectivity index (χ4v) is 4.53. The Bertz CT molecular complexity index is 1410. The number of aryl methyl sites for hydroxylation is 1. The van der Waals surface area contributed by atoms with Crippen molar-refractivity contribution in [3.8, 4) is 11.5 Å². The first kappa shape index (κ1) is 24.9. The number of aromatic nitrogens is 2. The molecular weight excluding hydrogens is 482 g/mol. The zero-order chi connectivity index (χ0) is 25.5. The molecule has 0 aliphatic rings. The SMILES string of the molecule is CCOc1ccc(NC(=O)Cn2cnc3sc(C(=O)OCCOc4ccccc4)c(C)c3c2=O)cc1. The van der Waals surface area contributed by atoms with Gasteiger partial charge in [0.15, 0.2) is 0 Å². The van der Waals surface area contributed by atoms with Gasteiger partial charge in [0.1, 0.15) is 41.0 Å². The van der Waals surface area contributed by atoms with Crippen molar-refractivity contribution in [2.24, 2.45) is 0 Å². The van der Waals surface area contributed by atoms with Gasteiger partial charge in [0.05, 0.1) is 18.3 Å². The predicted octanol–water partition coefficient (Wildman–Crippen LogP) is 4.04. The number of thiophene rings is 1. The summed E-state index contributed by atoms with van der Waals surface area (Å²) in [7, 11) is 0. The number of amides is 1. The molecule has 0 radical (unpaired) electrons. The smallest absolute Gasteiger partial charge is 0.348 e. The van der Waals surface area contributed by atoms with Crippen LogP contribution in [0.2, 0.25) is 0 Å². The van der Waals surface area contributed by atoms with E-state index in [1.165, 1.54) is 10.9 Å². The maximum absolute atomic E-state index is 13.1. The van der Waals surface area contributed by atoms with Crippen molar-refractivity contribution in [3.05, 3.63) is 81.7 Å². The topological polar surface area (TPSA) is 109 Å². The van der Waals surface area contributed by atoms with E-state index in [0.29, 0.717) is 44.5 Å². The van der Waals surface area contributed by atoms with E-state index in [4.69, 9.17) is 14.2 Å². The maximum atomic E-state index is 13.1. The number of para-hydroxylation sites is 1. The summed E-state index contributed by atoms with van der Waals surface area (Å²) in [4.78, 5) is 43.2. The van der Waals surface area contributed by atoms with Crippen LogP contribution in [0.1, 0.15) is 22.2 Å². The van der Waals surface area contributed by atoms with E-state index in [9.17, 15) is 14.4 Å². The Hall–Kier alpha value is -4.18. The van der Waals surface area contributed by atoms with Gasteiger partial charge in [0.2, 0.25) is 5.91 Å². The Labute approximate surface area is 211 Å². The molecule has 0 aliphatic carbocycles. The summed E-state index contributed by atoms with van der Waals surface area (Å²) in [5.74, 6) is 0.454. The number of hydrogen-bond donors (Lipinski definition) is 1. The van der Waals surface area contributed by atoms with Gasteiger partial charge >= 0.3 is 5.97 Å². The molecule has 0 unspecified atom stereocenters. The second-order valence-electron chi connectivity index (χ2n) is 7.72. The molecule has 36 heavy (non-hydrogen) atoms. The number of anilines is 1. The molecule has 0 aliphatic heterocycles. The lowest BCUT2D eigenvalue weighted by molar-refractivity contribution is -0.116. The van der Waals surface area contributed by atoms with Crippen molar-refractivity contribution in [1.29, 1.82) is 0 Å². The predicted molar refractivity (Wildman–Crippen MR) is 137 cm³/mol. The standard InChI is InChI=1S/C26H25N3O6S/c1-3-33-20-11-9-18(10-12-20)28-21(30)15-29-16-27-24-22(25(29)31)17(2)23(36-24)26(32)35-14-13-34-19-7-5-4-6-8-19/h4-12,16H,3,13-15H2,1-2H3,(H,28,30). The monoisotopic (exact) mass is 507 g/mol. The first-order valence-corrected chi connectivity index (χ1v) is 12.1. The van der Waals surface area contributed by atoms with Crippen LogP contribution in [0.4, 0.5) is 5.69 Å². The lowest BCUT2D eigenvalue weighted by Crippen LogP contribution is -2.27. The lowest BCUT2D eigenvalue weighted by atomic mass is 10.2. The number of hydrogen-bond acceptors (Lipinski definition) is 8. The van der Waals surface area contributed by atoms with Gasteiger partial charge in [0, 0.05) is 5.69 Å². The summed E-state index contributed by atoms with van der Waals surface area (Å²) >= 11 is 1.08. The molecule has 1 amide bonds. The molecule has 2 aromatic carbocycles. The fourth-order valence-electron chi connectivity index (χ4n) is 3.50. The second kappa shape index (κ2) is 11.5. The molecule has 0 fully saturated rings. The number of benzene rings is 2. The van der Waals surface area contributed by atoms with Crippen molar-refractivity contribution in [3.63, 3.8) is 0 Å². The van der Waals surface area contributed by atoms with Crippen LogP contribution in [0.15, 0.2) is 65.7 Å². The minimum absolute atomic E-state index is 0.0603. The van der Waals surface area contributed by atoms with Gasteiger partial charge in [0.25, 0.3) is 5.56 Å². The van der Waals surface area contributed by atoms with E-state index in [1.807, 2.05) is 37.3 Å². The van der Waals surface area contributed by atoms with E-state index in [-0.39, 0.29) is 25.7 Å². The van der Waals surface area contributed by atoms with Crippen LogP contribution < -0.4 is 20.3 Å². The number of carbonyl (C=O) groups is 2. The second-order valence-corrected chi connectivity index (χ2v) is 8.72. The molecule has 4 rings (SSSR count). The zero-order valence-corrected chi connectivity index (χ0v) is 20.7. The number of nitrogens with one attached hydrogen (secondary N) is 1. The average molecular weight is 508 g/mol. The molecule has 0 saturated carbocycles. The van der Waals surface area contributed by atoms with Gasteiger partial charge in [-0.3, -0.25) is 14.2 Å². The largest absolute Gasteiger partial charge is 0.494 e. The maximum Gasteiger partial charge on any atom is 0.348 e. The van der Waals surface area contributed by atoms with E-state index in [0.717, 1.165) is 11.3 Å². The Morgan fingerprint density at radius 2 is 1.72 bits per heavy atom. The van der Waals surface area contributed by atoms with E-state index < -0.39 is 11.5 Å². The molecule has 4 aromatic rings. The highest BCUT2D eigenvalue weighted by molar-refractivity contribution is 7.20. The van der Waals surface area contributed by atoms with Gasteiger partial charge in [-0.15, -0.1) is 11.3 Å². The zero-order valence-electron chi connectivity index (χ0n) is 19.9. The van der Waals surface area contributed by atoms with Crippen molar-refractivity contribution < 1.29 is 23.8 Å². The summed E-state index contributed by atoms with van der Waals surface area (Å²) < 4.78 is 17.5. The molecule has 186 valence electrons. The summed E-state index contributed by atoms with van der Waals surface area (Å²) in [6, 6.07) is 16.2. The van der Waals surface area contributed by atoms with Gasteiger partial charge in [-0.25, -0.2) is 9.78 Å². The van der Waals surface area contributed by atoms with Crippen LogP contribution >= 0.6 is 11.3 Å². The summed E-state index contributed by atoms with van der Waals surface area (Å²) in [6.45, 7) is 4.15. The quantitative estimate of drug-likeness (QED) is 0.255. The minimum Gasteiger partial charge on any atom is -0.494 e. The molecule has 2 aromatic heterocycles. The van der Waals surface area contributed by atoms with Crippen LogP contribution in [0.25, 0.3) is 10.2 Å². The fraction of sp³-hybridized carbons (Fsp3) is 0.231. The third kappa shape index (κ3) is 5.89. The summed E-state index contributed by atoms with van der Waals surface area (Å²) in [5.41, 5.74) is 0.656. The average Bonchev–Trinajstić information content (AvgIpc) is 3.22. The molecule has 2 heterocycles. The highest BCUT2D eigenvalue weighted by Gasteiger charge is 2.21. The number of carbonyl (C=O) groups excluding carboxylic acids is 2. The van der Waals surface area contributed by atoms with Gasteiger partial charge < -0.3 is 19.5 Å². The van der Waals surface area contributed by atoms with Crippen LogP contribution in [-0.4, -0.2) is 41.2 Å². The highest BCUT2D eigenvalue weighted by Crippen LogP contribution is 2.27. The van der Waals surface area contributed by atoms with E-state index in [1.54, 1.807) is 31.2 Å². The third-order valence-electron chi connectivity index (χ3n) is 5.19. The molecule has 1 N–H and O–H groups in total. The molecule has 9 nitrogen and oxygen atoms in total. The van der Waals surface area contributed by atoms with Crippen LogP contribution in [0.3, 0.4) is 0 Å². The van der Waals surface area contributed by atoms with Gasteiger partial charge in [-0.1, -0.05) is 18.2 Å². The van der Waals surface area contributed by atoms with Crippen LogP contribution in [0.5, 0.6) is 11.5 Å².